The molecule has 9 nitrogen and oxygen atoms in total. The number of hydrogen-bond donors (Lipinski definition) is 1. The van der Waals surface area contributed by atoms with Gasteiger partial charge in [0.15, 0.2) is 4.90 Å². The lowest BCUT2D eigenvalue weighted by molar-refractivity contribution is 0.570. The van der Waals surface area contributed by atoms with Gasteiger partial charge in [-0.25, -0.2) is 22.9 Å². The van der Waals surface area contributed by atoms with E-state index in [2.05, 4.69) is 9.71 Å². The maximum absolute atomic E-state index is 12.6. The number of aryl methyl sites for hydroxylation is 1. The highest BCUT2D eigenvalue weighted by Crippen LogP contribution is 2.14. The molecule has 0 aliphatic rings. The maximum atomic E-state index is 12.6. The normalized spacial score (nSPS) is 11.6. The first-order valence-electron chi connectivity index (χ1n) is 7.64. The summed E-state index contributed by atoms with van der Waals surface area (Å²) < 4.78 is 31.1. The smallest absolute Gasteiger partial charge is 0.306 e. The first-order chi connectivity index (χ1) is 12.3. The van der Waals surface area contributed by atoms with Gasteiger partial charge in [0.25, 0.3) is 5.56 Å². The van der Waals surface area contributed by atoms with Crippen LogP contribution < -0.4 is 16.0 Å². The molecule has 3 rings (SSSR count). The van der Waals surface area contributed by atoms with Crippen molar-refractivity contribution in [2.24, 2.45) is 14.1 Å². The monoisotopic (exact) mass is 375 g/mol. The van der Waals surface area contributed by atoms with Gasteiger partial charge in [-0.3, -0.25) is 9.36 Å². The molecule has 2 heterocycles. The first-order valence-corrected chi connectivity index (χ1v) is 9.12. The van der Waals surface area contributed by atoms with E-state index in [1.54, 1.807) is 35.4 Å². The average molecular weight is 375 g/mol. The summed E-state index contributed by atoms with van der Waals surface area (Å²) in [6.07, 6.45) is 6.00. The summed E-state index contributed by atoms with van der Waals surface area (Å²) in [5.74, 6) is 0. The van der Waals surface area contributed by atoms with Crippen molar-refractivity contribution in [1.29, 1.82) is 0 Å². The lowest BCUT2D eigenvalue weighted by Crippen LogP contribution is -2.41. The zero-order chi connectivity index (χ0) is 18.9. The fourth-order valence-corrected chi connectivity index (χ4v) is 3.69. The summed E-state index contributed by atoms with van der Waals surface area (Å²) in [6, 6.07) is 7.22. The van der Waals surface area contributed by atoms with Crippen molar-refractivity contribution in [1.82, 2.24) is 23.4 Å². The highest BCUT2D eigenvalue weighted by Gasteiger charge is 2.21. The Hall–Kier alpha value is -2.98. The van der Waals surface area contributed by atoms with Crippen molar-refractivity contribution in [2.45, 2.75) is 11.4 Å². The molecule has 0 amide bonds. The minimum Gasteiger partial charge on any atom is -0.306 e. The highest BCUT2D eigenvalue weighted by molar-refractivity contribution is 7.89. The summed E-state index contributed by atoms with van der Waals surface area (Å²) in [7, 11) is -1.49. The van der Waals surface area contributed by atoms with Gasteiger partial charge in [-0.15, -0.1) is 0 Å². The van der Waals surface area contributed by atoms with E-state index < -0.39 is 26.2 Å². The van der Waals surface area contributed by atoms with Crippen LogP contribution in [0.15, 0.2) is 63.7 Å². The summed E-state index contributed by atoms with van der Waals surface area (Å²) in [4.78, 5) is 27.4. The van der Waals surface area contributed by atoms with E-state index >= 15 is 0 Å². The second-order valence-electron chi connectivity index (χ2n) is 5.67. The molecule has 1 aromatic carbocycles. The van der Waals surface area contributed by atoms with E-state index in [1.165, 1.54) is 14.1 Å². The predicted molar refractivity (Wildman–Crippen MR) is 94.5 cm³/mol. The van der Waals surface area contributed by atoms with Crippen LogP contribution in [0, 0.1) is 0 Å². The molecule has 10 heteroatoms. The third-order valence-corrected chi connectivity index (χ3v) is 5.31. The van der Waals surface area contributed by atoms with Crippen molar-refractivity contribution in [3.63, 3.8) is 0 Å². The molecule has 0 aliphatic carbocycles. The standard InChI is InChI=1S/C16H17N5O4S/c1-19-10-14(15(22)20(2)16(19)23)26(24,25)18-9-12-5-3-4-6-13(12)21-8-7-17-11-21/h3-8,10-11,18H,9H2,1-2H3. The fraction of sp³-hybridized carbons (Fsp3) is 0.188. The van der Waals surface area contributed by atoms with Gasteiger partial charge in [-0.05, 0) is 11.6 Å². The number of para-hydroxylation sites is 1. The Kier molecular flexibility index (Phi) is 4.62. The molecule has 0 saturated carbocycles. The summed E-state index contributed by atoms with van der Waals surface area (Å²) >= 11 is 0. The number of sulfonamides is 1. The molecule has 1 N–H and O–H groups in total. The molecule has 2 aromatic heterocycles. The van der Waals surface area contributed by atoms with Crippen LogP contribution in [0.4, 0.5) is 0 Å². The van der Waals surface area contributed by atoms with Gasteiger partial charge in [-0.1, -0.05) is 18.2 Å². The molecule has 3 aromatic rings. The van der Waals surface area contributed by atoms with Crippen LogP contribution in [-0.4, -0.2) is 27.1 Å². The van der Waals surface area contributed by atoms with E-state index in [0.717, 1.165) is 21.0 Å². The van der Waals surface area contributed by atoms with Crippen molar-refractivity contribution in [3.05, 3.63) is 75.6 Å². The summed E-state index contributed by atoms with van der Waals surface area (Å²) in [5.41, 5.74) is -0.000295. The predicted octanol–water partition coefficient (Wildman–Crippen LogP) is -0.252. The maximum Gasteiger partial charge on any atom is 0.330 e. The molecule has 0 atom stereocenters. The summed E-state index contributed by atoms with van der Waals surface area (Å²) in [5, 5.41) is 0. The van der Waals surface area contributed by atoms with Crippen LogP contribution in [0.5, 0.6) is 0 Å². The van der Waals surface area contributed by atoms with Crippen LogP contribution >= 0.6 is 0 Å². The lowest BCUT2D eigenvalue weighted by atomic mass is 10.2. The van der Waals surface area contributed by atoms with Crippen molar-refractivity contribution in [2.75, 3.05) is 0 Å². The first kappa shape index (κ1) is 17.8. The minimum absolute atomic E-state index is 0.0251. The average Bonchev–Trinajstić information content (AvgIpc) is 3.16. The van der Waals surface area contributed by atoms with Gasteiger partial charge in [0.05, 0.1) is 12.0 Å². The number of nitrogens with zero attached hydrogens (tertiary/aromatic N) is 4. The number of rotatable bonds is 5. The molecule has 0 aliphatic heterocycles. The number of imidazole rings is 1. The molecule has 0 radical (unpaired) electrons. The van der Waals surface area contributed by atoms with E-state index in [1.807, 2.05) is 12.1 Å². The molecule has 0 bridgehead atoms. The largest absolute Gasteiger partial charge is 0.330 e. The van der Waals surface area contributed by atoms with E-state index in [-0.39, 0.29) is 6.54 Å². The Morgan fingerprint density at radius 1 is 1.15 bits per heavy atom. The van der Waals surface area contributed by atoms with Gasteiger partial charge < -0.3 is 9.13 Å². The van der Waals surface area contributed by atoms with Crippen LogP contribution in [-0.2, 0) is 30.7 Å². The Bertz CT molecular complexity index is 1160. The second-order valence-corrected chi connectivity index (χ2v) is 7.41. The number of nitrogens with one attached hydrogen (secondary N) is 1. The van der Waals surface area contributed by atoms with Crippen LogP contribution in [0.3, 0.4) is 0 Å². The van der Waals surface area contributed by atoms with Crippen molar-refractivity contribution in [3.8, 4) is 5.69 Å². The molecular weight excluding hydrogens is 358 g/mol. The molecule has 0 spiro atoms. The Balaban J connectivity index is 1.94. The molecule has 0 unspecified atom stereocenters. The Morgan fingerprint density at radius 3 is 2.58 bits per heavy atom. The molecule has 0 saturated heterocycles. The van der Waals surface area contributed by atoms with Gasteiger partial charge in [-0.2, -0.15) is 0 Å². The topological polar surface area (TPSA) is 108 Å². The van der Waals surface area contributed by atoms with Crippen LogP contribution in [0.1, 0.15) is 5.56 Å². The third kappa shape index (κ3) is 3.24. The Morgan fingerprint density at radius 2 is 1.88 bits per heavy atom. The van der Waals surface area contributed by atoms with E-state index in [9.17, 15) is 18.0 Å². The third-order valence-electron chi connectivity index (χ3n) is 3.93. The number of hydrogen-bond acceptors (Lipinski definition) is 5. The molecular formula is C16H17N5O4S. The van der Waals surface area contributed by atoms with E-state index in [0.29, 0.717) is 5.56 Å². The Labute approximate surface area is 149 Å². The van der Waals surface area contributed by atoms with Gasteiger partial charge in [0.1, 0.15) is 0 Å². The molecule has 0 fully saturated rings. The minimum atomic E-state index is -4.10. The quantitative estimate of drug-likeness (QED) is 0.661. The van der Waals surface area contributed by atoms with Gasteiger partial charge >= 0.3 is 5.69 Å². The van der Waals surface area contributed by atoms with E-state index in [4.69, 9.17) is 0 Å². The number of benzene rings is 1. The lowest BCUT2D eigenvalue weighted by Gasteiger charge is -2.12. The zero-order valence-electron chi connectivity index (χ0n) is 14.2. The highest BCUT2D eigenvalue weighted by atomic mass is 32.2. The van der Waals surface area contributed by atoms with Crippen LogP contribution in [0.25, 0.3) is 5.69 Å². The second kappa shape index (κ2) is 6.73. The van der Waals surface area contributed by atoms with Gasteiger partial charge in [0, 0.05) is 39.2 Å². The summed E-state index contributed by atoms with van der Waals surface area (Å²) in [6.45, 7) is -0.0251. The molecule has 136 valence electrons. The van der Waals surface area contributed by atoms with Crippen molar-refractivity contribution < 1.29 is 8.42 Å². The fourth-order valence-electron chi connectivity index (χ4n) is 2.52. The molecule has 26 heavy (non-hydrogen) atoms. The van der Waals surface area contributed by atoms with Gasteiger partial charge in [0.2, 0.25) is 10.0 Å². The SMILES string of the molecule is Cn1cc(S(=O)(=O)NCc2ccccc2-n2ccnc2)c(=O)n(C)c1=O. The van der Waals surface area contributed by atoms with Crippen LogP contribution in [0.2, 0.25) is 0 Å². The number of aromatic nitrogens is 4. The zero-order valence-corrected chi connectivity index (χ0v) is 15.0. The van der Waals surface area contributed by atoms with Crippen molar-refractivity contribution >= 4 is 10.0 Å².